The Bertz CT molecular complexity index is 81.7. The molecule has 0 amide bonds. The van der Waals surface area contributed by atoms with Crippen molar-refractivity contribution in [2.45, 2.75) is 18.7 Å². The van der Waals surface area contributed by atoms with Crippen LogP contribution in [0.1, 0.15) is 13.3 Å². The summed E-state index contributed by atoms with van der Waals surface area (Å²) in [4.78, 5) is 0. The molecule has 0 aromatic carbocycles. The normalized spacial score (nSPS) is 13.0. The molecule has 0 bridgehead atoms. The van der Waals surface area contributed by atoms with E-state index in [0.29, 0.717) is 0 Å². The van der Waals surface area contributed by atoms with E-state index >= 15 is 0 Å². The molecule has 0 aromatic heterocycles. The first-order valence-corrected chi connectivity index (χ1v) is 3.47. The van der Waals surface area contributed by atoms with Gasteiger partial charge in [0.2, 0.25) is 0 Å². The van der Waals surface area contributed by atoms with Gasteiger partial charge in [0.1, 0.15) is 4.49 Å². The Morgan fingerprint density at radius 3 is 2.25 bits per heavy atom. The van der Waals surface area contributed by atoms with Crippen LogP contribution in [0.15, 0.2) is 10.6 Å². The quantitative estimate of drug-likeness (QED) is 0.562. The van der Waals surface area contributed by atoms with E-state index in [1.807, 2.05) is 6.92 Å². The van der Waals surface area contributed by atoms with Gasteiger partial charge in [-0.2, -0.15) is 0 Å². The maximum Gasteiger partial charge on any atom is 0.102 e. The lowest BCUT2D eigenvalue weighted by molar-refractivity contribution is 0.969. The Morgan fingerprint density at radius 1 is 1.62 bits per heavy atom. The second-order valence-corrected chi connectivity index (χ2v) is 3.26. The van der Waals surface area contributed by atoms with Gasteiger partial charge in [-0.05, 0) is 13.3 Å². The van der Waals surface area contributed by atoms with Gasteiger partial charge >= 0.3 is 0 Å². The van der Waals surface area contributed by atoms with E-state index in [2.05, 4.69) is 0 Å². The summed E-state index contributed by atoms with van der Waals surface area (Å²) < 4.78 is 0.289. The van der Waals surface area contributed by atoms with Crippen LogP contribution in [-0.4, -0.2) is 5.38 Å². The van der Waals surface area contributed by atoms with Crippen molar-refractivity contribution in [2.75, 3.05) is 0 Å². The molecule has 1 unspecified atom stereocenters. The third-order valence-electron chi connectivity index (χ3n) is 0.597. The average Bonchev–Trinajstić information content (AvgIpc) is 1.61. The van der Waals surface area contributed by atoms with Crippen molar-refractivity contribution in [2.24, 2.45) is 0 Å². The van der Waals surface area contributed by atoms with Crippen molar-refractivity contribution in [3.8, 4) is 0 Å². The molecule has 0 radical (unpaired) electrons. The molecule has 0 spiro atoms. The summed E-state index contributed by atoms with van der Waals surface area (Å²) in [6.07, 6.45) is 2.41. The highest BCUT2D eigenvalue weighted by molar-refractivity contribution is 6.55. The third kappa shape index (κ3) is 6.61. The van der Waals surface area contributed by atoms with Gasteiger partial charge in [0.15, 0.2) is 0 Å². The van der Waals surface area contributed by atoms with Gasteiger partial charge in [-0.1, -0.05) is 29.3 Å². The Hall–Kier alpha value is 0.610. The standard InChI is InChI=1S/C5H7Cl3/c1-4(6)2-3-5(7)8/h3-4H,2H2,1H3. The van der Waals surface area contributed by atoms with Crippen LogP contribution in [0.4, 0.5) is 0 Å². The minimum absolute atomic E-state index is 0.113. The van der Waals surface area contributed by atoms with Crippen molar-refractivity contribution < 1.29 is 0 Å². The molecular weight excluding hydrogens is 166 g/mol. The molecule has 1 atom stereocenters. The molecule has 0 aliphatic heterocycles. The van der Waals surface area contributed by atoms with Crippen molar-refractivity contribution in [3.05, 3.63) is 10.6 Å². The zero-order valence-electron chi connectivity index (χ0n) is 4.50. The first-order valence-electron chi connectivity index (χ1n) is 2.28. The summed E-state index contributed by atoms with van der Waals surface area (Å²) in [6.45, 7) is 1.88. The zero-order valence-corrected chi connectivity index (χ0v) is 6.76. The minimum atomic E-state index is 0.113. The summed E-state index contributed by atoms with van der Waals surface area (Å²) in [5.41, 5.74) is 0. The van der Waals surface area contributed by atoms with Crippen LogP contribution < -0.4 is 0 Å². The molecular formula is C5H7Cl3. The van der Waals surface area contributed by atoms with E-state index in [1.165, 1.54) is 0 Å². The summed E-state index contributed by atoms with van der Waals surface area (Å²) in [5.74, 6) is 0. The summed E-state index contributed by atoms with van der Waals surface area (Å²) in [5, 5.41) is 0.113. The minimum Gasteiger partial charge on any atom is -0.123 e. The fourth-order valence-electron chi connectivity index (χ4n) is 0.251. The van der Waals surface area contributed by atoms with E-state index in [0.717, 1.165) is 6.42 Å². The maximum absolute atomic E-state index is 5.56. The summed E-state index contributed by atoms with van der Waals surface area (Å²) in [6, 6.07) is 0. The summed E-state index contributed by atoms with van der Waals surface area (Å²) in [7, 11) is 0. The molecule has 0 aliphatic carbocycles. The molecule has 0 nitrogen and oxygen atoms in total. The lowest BCUT2D eigenvalue weighted by Crippen LogP contribution is -1.84. The maximum atomic E-state index is 5.56. The van der Waals surface area contributed by atoms with E-state index in [-0.39, 0.29) is 9.87 Å². The van der Waals surface area contributed by atoms with Crippen LogP contribution in [0, 0.1) is 0 Å². The van der Waals surface area contributed by atoms with E-state index < -0.39 is 0 Å². The second-order valence-electron chi connectivity index (χ2n) is 1.51. The summed E-state index contributed by atoms with van der Waals surface area (Å²) >= 11 is 16.1. The van der Waals surface area contributed by atoms with Crippen LogP contribution in [-0.2, 0) is 0 Å². The van der Waals surface area contributed by atoms with Crippen LogP contribution in [0.5, 0.6) is 0 Å². The molecule has 8 heavy (non-hydrogen) atoms. The van der Waals surface area contributed by atoms with Crippen molar-refractivity contribution in [1.29, 1.82) is 0 Å². The highest BCUT2D eigenvalue weighted by Crippen LogP contribution is 2.10. The molecule has 0 saturated heterocycles. The Kier molecular flexibility index (Phi) is 4.83. The highest BCUT2D eigenvalue weighted by Gasteiger charge is 1.91. The molecule has 3 heteroatoms. The van der Waals surface area contributed by atoms with Crippen molar-refractivity contribution in [3.63, 3.8) is 0 Å². The molecule has 0 aromatic rings. The molecule has 0 saturated carbocycles. The van der Waals surface area contributed by atoms with Crippen molar-refractivity contribution >= 4 is 34.8 Å². The number of hydrogen-bond acceptors (Lipinski definition) is 0. The van der Waals surface area contributed by atoms with Gasteiger partial charge in [0.05, 0.1) is 0 Å². The first-order chi connectivity index (χ1) is 3.63. The van der Waals surface area contributed by atoms with Crippen LogP contribution in [0.25, 0.3) is 0 Å². The van der Waals surface area contributed by atoms with E-state index in [4.69, 9.17) is 34.8 Å². The Balaban J connectivity index is 3.29. The molecule has 0 fully saturated rings. The second kappa shape index (κ2) is 4.49. The molecule has 0 N–H and O–H groups in total. The van der Waals surface area contributed by atoms with Gasteiger partial charge < -0.3 is 0 Å². The zero-order chi connectivity index (χ0) is 6.57. The fraction of sp³-hybridized carbons (Fsp3) is 0.600. The highest BCUT2D eigenvalue weighted by atomic mass is 35.5. The first kappa shape index (κ1) is 8.61. The molecule has 0 heterocycles. The third-order valence-corrected chi connectivity index (χ3v) is 1.08. The number of halogens is 3. The Labute approximate surface area is 64.4 Å². The van der Waals surface area contributed by atoms with Gasteiger partial charge in [-0.15, -0.1) is 11.6 Å². The van der Waals surface area contributed by atoms with Crippen LogP contribution in [0.2, 0.25) is 0 Å². The van der Waals surface area contributed by atoms with Gasteiger partial charge in [-0.25, -0.2) is 0 Å². The average molecular weight is 173 g/mol. The predicted octanol–water partition coefficient (Wildman–Crippen LogP) is 3.32. The SMILES string of the molecule is CC(Cl)CC=C(Cl)Cl. The Morgan fingerprint density at radius 2 is 2.12 bits per heavy atom. The van der Waals surface area contributed by atoms with E-state index in [1.54, 1.807) is 6.08 Å². The number of rotatable bonds is 2. The topological polar surface area (TPSA) is 0 Å². The number of hydrogen-bond donors (Lipinski definition) is 0. The fourth-order valence-corrected chi connectivity index (χ4v) is 0.519. The molecule has 0 aliphatic rings. The monoisotopic (exact) mass is 172 g/mol. The van der Waals surface area contributed by atoms with Crippen LogP contribution >= 0.6 is 34.8 Å². The van der Waals surface area contributed by atoms with Crippen LogP contribution in [0.3, 0.4) is 0 Å². The molecule has 0 rings (SSSR count). The number of alkyl halides is 1. The van der Waals surface area contributed by atoms with Gasteiger partial charge in [0, 0.05) is 5.38 Å². The number of allylic oxidation sites excluding steroid dienone is 1. The largest absolute Gasteiger partial charge is 0.123 e. The smallest absolute Gasteiger partial charge is 0.102 e. The lowest BCUT2D eigenvalue weighted by Gasteiger charge is -1.92. The van der Waals surface area contributed by atoms with Gasteiger partial charge in [0.25, 0.3) is 0 Å². The van der Waals surface area contributed by atoms with E-state index in [9.17, 15) is 0 Å². The van der Waals surface area contributed by atoms with Gasteiger partial charge in [-0.3, -0.25) is 0 Å². The predicted molar refractivity (Wildman–Crippen MR) is 39.7 cm³/mol. The lowest BCUT2D eigenvalue weighted by atomic mass is 10.3. The van der Waals surface area contributed by atoms with Crippen molar-refractivity contribution in [1.82, 2.24) is 0 Å². The molecule has 48 valence electrons.